The summed E-state index contributed by atoms with van der Waals surface area (Å²) in [4.78, 5) is 0. The number of rotatable bonds is 36. The fourth-order valence-corrected chi connectivity index (χ4v) is 10.6. The molecule has 0 aliphatic heterocycles. The smallest absolute Gasteiger partial charge is 0.0485 e. The summed E-state index contributed by atoms with van der Waals surface area (Å²) in [6.07, 6.45) is 48.8. The Balaban J connectivity index is 1.87. The van der Waals surface area contributed by atoms with Gasteiger partial charge >= 0.3 is 0 Å². The van der Waals surface area contributed by atoms with Crippen molar-refractivity contribution in [1.82, 2.24) is 0 Å². The zero-order valence-corrected chi connectivity index (χ0v) is 34.8. The number of unbranched alkanes of at least 4 members (excludes halogenated alkanes) is 22. The van der Waals surface area contributed by atoms with Gasteiger partial charge in [-0.2, -0.15) is 0 Å². The maximum atomic E-state index is 2.56. The van der Waals surface area contributed by atoms with Gasteiger partial charge in [-0.3, -0.25) is 0 Å². The summed E-state index contributed by atoms with van der Waals surface area (Å²) in [5.74, 6) is 1.88. The molecule has 0 saturated carbocycles. The van der Waals surface area contributed by atoms with Crippen molar-refractivity contribution in [3.8, 4) is 0 Å². The molecule has 2 heteroatoms. The SMILES string of the molecule is CCCCCCCCCC(CCCCCCCC)CCc1csc2c(CCC(CCCCCCCC)CCCCCCCCC)csc12. The highest BCUT2D eigenvalue weighted by atomic mass is 32.1. The first-order valence-corrected chi connectivity index (χ1v) is 24.0. The predicted octanol–water partition coefficient (Wildman–Crippen LogP) is 17.8. The van der Waals surface area contributed by atoms with Crippen molar-refractivity contribution in [2.75, 3.05) is 0 Å². The van der Waals surface area contributed by atoms with Crippen LogP contribution in [0, 0.1) is 11.8 Å². The molecule has 0 N–H and O–H groups in total. The quantitative estimate of drug-likeness (QED) is 0.0621. The monoisotopic (exact) mass is 701 g/mol. The van der Waals surface area contributed by atoms with E-state index in [1.807, 2.05) is 0 Å². The van der Waals surface area contributed by atoms with Crippen molar-refractivity contribution in [2.24, 2.45) is 11.8 Å². The number of hydrogen-bond donors (Lipinski definition) is 0. The molecule has 0 amide bonds. The minimum absolute atomic E-state index is 0.940. The average Bonchev–Trinajstić information content (AvgIpc) is 3.70. The number of hydrogen-bond acceptors (Lipinski definition) is 2. The van der Waals surface area contributed by atoms with E-state index in [0.29, 0.717) is 0 Å². The van der Waals surface area contributed by atoms with Crippen LogP contribution in [0.1, 0.15) is 244 Å². The van der Waals surface area contributed by atoms with Crippen LogP contribution < -0.4 is 0 Å². The molecule has 2 aromatic rings. The van der Waals surface area contributed by atoms with Gasteiger partial charge in [0.25, 0.3) is 0 Å². The summed E-state index contributed by atoms with van der Waals surface area (Å²) in [6, 6.07) is 0. The molecular weight excluding hydrogens is 617 g/mol. The van der Waals surface area contributed by atoms with Gasteiger partial charge in [-0.05, 0) is 59.4 Å². The topological polar surface area (TPSA) is 0 Å². The summed E-state index contributed by atoms with van der Waals surface area (Å²) in [7, 11) is 0. The Hall–Kier alpha value is -0.340. The predicted molar refractivity (Wildman–Crippen MR) is 225 cm³/mol. The van der Waals surface area contributed by atoms with E-state index in [1.54, 1.807) is 20.5 Å². The Morgan fingerprint density at radius 1 is 0.333 bits per heavy atom. The van der Waals surface area contributed by atoms with Gasteiger partial charge in [-0.25, -0.2) is 0 Å². The van der Waals surface area contributed by atoms with E-state index >= 15 is 0 Å². The standard InChI is InChI=1S/C46H84S2/c1-5-9-13-17-21-25-29-33-41(31-27-23-19-15-11-7-3)35-37-43-39-47-46-44(40-48-45(43)46)38-36-42(32-28-24-20-16-12-8-4)34-30-26-22-18-14-10-6-2/h39-42H,5-38H2,1-4H3. The zero-order valence-electron chi connectivity index (χ0n) is 33.2. The van der Waals surface area contributed by atoms with Gasteiger partial charge in [0.1, 0.15) is 0 Å². The lowest BCUT2D eigenvalue weighted by Gasteiger charge is -2.17. The molecule has 48 heavy (non-hydrogen) atoms. The van der Waals surface area contributed by atoms with Crippen molar-refractivity contribution in [1.29, 1.82) is 0 Å². The molecule has 0 bridgehead atoms. The highest BCUT2D eigenvalue weighted by molar-refractivity contribution is 7.26. The molecule has 0 radical (unpaired) electrons. The van der Waals surface area contributed by atoms with Crippen LogP contribution in [0.5, 0.6) is 0 Å². The maximum Gasteiger partial charge on any atom is 0.0485 e. The molecule has 2 heterocycles. The molecule has 2 atom stereocenters. The molecular formula is C46H84S2. The summed E-state index contributed by atoms with van der Waals surface area (Å²) in [5, 5.41) is 5.12. The minimum atomic E-state index is 0.940. The van der Waals surface area contributed by atoms with E-state index in [-0.39, 0.29) is 0 Å². The van der Waals surface area contributed by atoms with Crippen LogP contribution in [-0.2, 0) is 12.8 Å². The van der Waals surface area contributed by atoms with Crippen molar-refractivity contribution >= 4 is 32.1 Å². The largest absolute Gasteiger partial charge is 0.142 e. The molecule has 0 aliphatic rings. The number of thiophene rings is 2. The van der Waals surface area contributed by atoms with Gasteiger partial charge in [0.05, 0.1) is 0 Å². The van der Waals surface area contributed by atoms with Crippen LogP contribution >= 0.6 is 22.7 Å². The fourth-order valence-electron chi connectivity index (χ4n) is 8.05. The van der Waals surface area contributed by atoms with Crippen LogP contribution in [-0.4, -0.2) is 0 Å². The van der Waals surface area contributed by atoms with Crippen LogP contribution in [0.4, 0.5) is 0 Å². The van der Waals surface area contributed by atoms with Crippen molar-refractivity contribution in [2.45, 2.75) is 246 Å². The molecule has 0 aliphatic carbocycles. The maximum absolute atomic E-state index is 2.56. The fraction of sp³-hybridized carbons (Fsp3) is 0.870. The highest BCUT2D eigenvalue weighted by Gasteiger charge is 2.16. The second kappa shape index (κ2) is 31.4. The van der Waals surface area contributed by atoms with E-state index in [1.165, 1.54) is 218 Å². The molecule has 2 rings (SSSR count). The Kier molecular flexibility index (Phi) is 28.7. The lowest BCUT2D eigenvalue weighted by atomic mass is 9.89. The van der Waals surface area contributed by atoms with Crippen molar-refractivity contribution < 1.29 is 0 Å². The summed E-state index contributed by atoms with van der Waals surface area (Å²) < 4.78 is 3.31. The Labute approximate surface area is 310 Å². The summed E-state index contributed by atoms with van der Waals surface area (Å²) in [6.45, 7) is 9.33. The van der Waals surface area contributed by atoms with Gasteiger partial charge in [0.2, 0.25) is 0 Å². The summed E-state index contributed by atoms with van der Waals surface area (Å²) in [5.41, 5.74) is 3.37. The second-order valence-electron chi connectivity index (χ2n) is 15.9. The van der Waals surface area contributed by atoms with Gasteiger partial charge in [-0.15, -0.1) is 22.7 Å². The lowest BCUT2D eigenvalue weighted by molar-refractivity contribution is 0.380. The zero-order chi connectivity index (χ0) is 34.3. The van der Waals surface area contributed by atoms with Gasteiger partial charge in [-0.1, -0.05) is 220 Å². The molecule has 0 aromatic carbocycles. The van der Waals surface area contributed by atoms with E-state index in [0.717, 1.165) is 11.8 Å². The molecule has 0 fully saturated rings. The number of fused-ring (bicyclic) bond motifs is 1. The Bertz CT molecular complexity index is 861. The molecule has 280 valence electrons. The minimum Gasteiger partial charge on any atom is -0.142 e. The van der Waals surface area contributed by atoms with Crippen LogP contribution in [0.3, 0.4) is 0 Å². The summed E-state index contributed by atoms with van der Waals surface area (Å²) >= 11 is 4.16. The number of aryl methyl sites for hydroxylation is 2. The molecule has 2 aromatic heterocycles. The Morgan fingerprint density at radius 3 is 0.854 bits per heavy atom. The van der Waals surface area contributed by atoms with Crippen LogP contribution in [0.2, 0.25) is 0 Å². The van der Waals surface area contributed by atoms with Crippen molar-refractivity contribution in [3.05, 3.63) is 21.9 Å². The third-order valence-electron chi connectivity index (χ3n) is 11.4. The average molecular weight is 701 g/mol. The highest BCUT2D eigenvalue weighted by Crippen LogP contribution is 2.38. The first-order valence-electron chi connectivity index (χ1n) is 22.2. The first-order chi connectivity index (χ1) is 23.7. The molecule has 2 unspecified atom stereocenters. The van der Waals surface area contributed by atoms with Crippen LogP contribution in [0.15, 0.2) is 10.8 Å². The van der Waals surface area contributed by atoms with Gasteiger partial charge in [0, 0.05) is 9.40 Å². The first kappa shape index (κ1) is 43.8. The van der Waals surface area contributed by atoms with Crippen molar-refractivity contribution in [3.63, 3.8) is 0 Å². The van der Waals surface area contributed by atoms with Crippen LogP contribution in [0.25, 0.3) is 9.40 Å². The molecule has 0 saturated heterocycles. The van der Waals surface area contributed by atoms with E-state index < -0.39 is 0 Å². The Morgan fingerprint density at radius 2 is 0.583 bits per heavy atom. The normalized spacial score (nSPS) is 13.2. The lowest BCUT2D eigenvalue weighted by Crippen LogP contribution is -2.03. The molecule has 0 spiro atoms. The van der Waals surface area contributed by atoms with Gasteiger partial charge in [0.15, 0.2) is 0 Å². The third kappa shape index (κ3) is 21.1. The molecule has 0 nitrogen and oxygen atoms in total. The van der Waals surface area contributed by atoms with Gasteiger partial charge < -0.3 is 0 Å². The third-order valence-corrected chi connectivity index (χ3v) is 13.8. The second-order valence-corrected chi connectivity index (χ2v) is 17.7. The van der Waals surface area contributed by atoms with E-state index in [4.69, 9.17) is 0 Å². The van der Waals surface area contributed by atoms with E-state index in [2.05, 4.69) is 61.1 Å². The van der Waals surface area contributed by atoms with E-state index in [9.17, 15) is 0 Å².